The van der Waals surface area contributed by atoms with Gasteiger partial charge in [-0.2, -0.15) is 0 Å². The van der Waals surface area contributed by atoms with E-state index in [4.69, 9.17) is 0 Å². The lowest BCUT2D eigenvalue weighted by Crippen LogP contribution is -2.46. The van der Waals surface area contributed by atoms with Gasteiger partial charge in [0.1, 0.15) is 0 Å². The van der Waals surface area contributed by atoms with E-state index in [0.717, 1.165) is 22.4 Å². The molecule has 0 unspecified atom stereocenters. The molecule has 18 heavy (non-hydrogen) atoms. The molecular formula is C16H22BrN. The van der Waals surface area contributed by atoms with Crippen LogP contribution in [0.25, 0.3) is 0 Å². The van der Waals surface area contributed by atoms with Crippen LogP contribution in [-0.4, -0.2) is 6.04 Å². The summed E-state index contributed by atoms with van der Waals surface area (Å²) >= 11 is 3.51. The smallest absolute Gasteiger partial charge is 0.0379 e. The summed E-state index contributed by atoms with van der Waals surface area (Å²) in [7, 11) is 0. The van der Waals surface area contributed by atoms with E-state index in [0.29, 0.717) is 0 Å². The molecule has 1 N–H and O–H groups in total. The van der Waals surface area contributed by atoms with Gasteiger partial charge in [0.15, 0.2) is 0 Å². The van der Waals surface area contributed by atoms with Crippen LogP contribution in [0.3, 0.4) is 0 Å². The third kappa shape index (κ3) is 2.80. The van der Waals surface area contributed by atoms with E-state index >= 15 is 0 Å². The highest BCUT2D eigenvalue weighted by Crippen LogP contribution is 2.45. The molecule has 0 bridgehead atoms. The van der Waals surface area contributed by atoms with Crippen molar-refractivity contribution in [1.29, 1.82) is 0 Å². The van der Waals surface area contributed by atoms with Gasteiger partial charge in [0, 0.05) is 16.1 Å². The predicted molar refractivity (Wildman–Crippen MR) is 79.5 cm³/mol. The van der Waals surface area contributed by atoms with Gasteiger partial charge < -0.3 is 5.32 Å². The van der Waals surface area contributed by atoms with Crippen LogP contribution in [0.4, 0.5) is 0 Å². The minimum atomic E-state index is 0.0799. The summed E-state index contributed by atoms with van der Waals surface area (Å²) in [6, 6.07) is 9.50. The number of rotatable bonds is 5. The summed E-state index contributed by atoms with van der Waals surface area (Å²) in [5, 5.41) is 3.94. The fraction of sp³-hybridized carbons (Fsp3) is 0.625. The summed E-state index contributed by atoms with van der Waals surface area (Å²) < 4.78 is 1.16. The first-order valence-electron chi connectivity index (χ1n) is 7.10. The Morgan fingerprint density at radius 2 is 1.56 bits per heavy atom. The average molecular weight is 308 g/mol. The summed E-state index contributed by atoms with van der Waals surface area (Å²) in [6.07, 6.45) is 5.74. The first-order chi connectivity index (χ1) is 8.56. The molecule has 1 aromatic rings. The molecule has 0 radical (unpaired) electrons. The fourth-order valence-electron chi connectivity index (χ4n) is 2.90. The summed E-state index contributed by atoms with van der Waals surface area (Å²) in [6.45, 7) is 4.63. The lowest BCUT2D eigenvalue weighted by molar-refractivity contribution is 0.294. The maximum atomic E-state index is 3.94. The number of hydrogen-bond donors (Lipinski definition) is 1. The van der Waals surface area contributed by atoms with Crippen LogP contribution in [0.2, 0.25) is 0 Å². The zero-order chi connectivity index (χ0) is 12.8. The molecule has 0 spiro atoms. The molecule has 0 aromatic heterocycles. The van der Waals surface area contributed by atoms with Gasteiger partial charge in [-0.25, -0.2) is 0 Å². The largest absolute Gasteiger partial charge is 0.304 e. The van der Waals surface area contributed by atoms with Gasteiger partial charge in [-0.15, -0.1) is 0 Å². The lowest BCUT2D eigenvalue weighted by atomic mass is 9.91. The molecule has 0 heterocycles. The van der Waals surface area contributed by atoms with Crippen molar-refractivity contribution in [2.45, 2.75) is 51.1 Å². The quantitative estimate of drug-likeness (QED) is 0.846. The Bertz CT molecular complexity index is 403. The maximum Gasteiger partial charge on any atom is 0.0379 e. The minimum Gasteiger partial charge on any atom is -0.304 e. The highest BCUT2D eigenvalue weighted by atomic mass is 79.9. The summed E-state index contributed by atoms with van der Waals surface area (Å²) in [4.78, 5) is 0. The van der Waals surface area contributed by atoms with E-state index in [1.54, 1.807) is 0 Å². The predicted octanol–water partition coefficient (Wildman–Crippen LogP) is 4.46. The molecule has 98 valence electrons. The van der Waals surface area contributed by atoms with E-state index in [1.807, 2.05) is 0 Å². The molecule has 1 nitrogen and oxygen atoms in total. The molecule has 1 aromatic carbocycles. The van der Waals surface area contributed by atoms with Gasteiger partial charge in [0.25, 0.3) is 0 Å². The highest BCUT2D eigenvalue weighted by Gasteiger charge is 2.43. The molecule has 2 aliphatic carbocycles. The highest BCUT2D eigenvalue weighted by molar-refractivity contribution is 9.10. The Kier molecular flexibility index (Phi) is 3.27. The van der Waals surface area contributed by atoms with E-state index in [-0.39, 0.29) is 5.54 Å². The van der Waals surface area contributed by atoms with Gasteiger partial charge in [0.05, 0.1) is 0 Å². The summed E-state index contributed by atoms with van der Waals surface area (Å²) in [5.74, 6) is 1.90. The van der Waals surface area contributed by atoms with E-state index in [9.17, 15) is 0 Å². The SMILES string of the molecule is CC(C)(NC(C1CC1)C1CC1)c1ccc(Br)cc1. The zero-order valence-corrected chi connectivity index (χ0v) is 12.8. The van der Waals surface area contributed by atoms with Crippen molar-refractivity contribution in [3.05, 3.63) is 34.3 Å². The van der Waals surface area contributed by atoms with Gasteiger partial charge in [0.2, 0.25) is 0 Å². The van der Waals surface area contributed by atoms with E-state index in [1.165, 1.54) is 31.2 Å². The van der Waals surface area contributed by atoms with Gasteiger partial charge in [-0.05, 0) is 69.1 Å². The molecule has 0 atom stereocenters. The molecule has 0 amide bonds. The number of hydrogen-bond acceptors (Lipinski definition) is 1. The maximum absolute atomic E-state index is 3.94. The molecule has 2 saturated carbocycles. The zero-order valence-electron chi connectivity index (χ0n) is 11.2. The first kappa shape index (κ1) is 12.7. The number of benzene rings is 1. The van der Waals surface area contributed by atoms with Crippen molar-refractivity contribution >= 4 is 15.9 Å². The van der Waals surface area contributed by atoms with Crippen molar-refractivity contribution < 1.29 is 0 Å². The van der Waals surface area contributed by atoms with E-state index < -0.39 is 0 Å². The second-order valence-electron chi connectivity index (χ2n) is 6.48. The van der Waals surface area contributed by atoms with Crippen LogP contribution in [0.15, 0.2) is 28.7 Å². The number of nitrogens with one attached hydrogen (secondary N) is 1. The minimum absolute atomic E-state index is 0.0799. The van der Waals surface area contributed by atoms with Crippen molar-refractivity contribution in [3.63, 3.8) is 0 Å². The standard InChI is InChI=1S/C16H22BrN/c1-16(2,13-7-9-14(17)10-8-13)18-15(11-3-4-11)12-5-6-12/h7-12,15,18H,3-6H2,1-2H3. The second kappa shape index (κ2) is 4.64. The van der Waals surface area contributed by atoms with Gasteiger partial charge in [-0.3, -0.25) is 0 Å². The second-order valence-corrected chi connectivity index (χ2v) is 7.39. The first-order valence-corrected chi connectivity index (χ1v) is 7.89. The van der Waals surface area contributed by atoms with Crippen LogP contribution in [0, 0.1) is 11.8 Å². The van der Waals surface area contributed by atoms with Crippen molar-refractivity contribution in [1.82, 2.24) is 5.32 Å². The molecular weight excluding hydrogens is 286 g/mol. The fourth-order valence-corrected chi connectivity index (χ4v) is 3.16. The molecule has 0 aliphatic heterocycles. The molecule has 0 saturated heterocycles. The van der Waals surface area contributed by atoms with Crippen LogP contribution in [-0.2, 0) is 5.54 Å². The monoisotopic (exact) mass is 307 g/mol. The Hall–Kier alpha value is -0.340. The molecule has 3 rings (SSSR count). The Balaban J connectivity index is 1.74. The third-order valence-electron chi connectivity index (χ3n) is 4.35. The van der Waals surface area contributed by atoms with Crippen molar-refractivity contribution in [3.8, 4) is 0 Å². The third-order valence-corrected chi connectivity index (χ3v) is 4.88. The number of halogens is 1. The van der Waals surface area contributed by atoms with Crippen LogP contribution < -0.4 is 5.32 Å². The lowest BCUT2D eigenvalue weighted by Gasteiger charge is -2.33. The van der Waals surface area contributed by atoms with Crippen LogP contribution >= 0.6 is 15.9 Å². The van der Waals surface area contributed by atoms with Crippen LogP contribution in [0.5, 0.6) is 0 Å². The topological polar surface area (TPSA) is 12.0 Å². The van der Waals surface area contributed by atoms with Gasteiger partial charge in [-0.1, -0.05) is 28.1 Å². The molecule has 2 aliphatic rings. The van der Waals surface area contributed by atoms with E-state index in [2.05, 4.69) is 59.4 Å². The summed E-state index contributed by atoms with van der Waals surface area (Å²) in [5.41, 5.74) is 1.47. The van der Waals surface area contributed by atoms with Gasteiger partial charge >= 0.3 is 0 Å². The van der Waals surface area contributed by atoms with Crippen molar-refractivity contribution in [2.24, 2.45) is 11.8 Å². The Labute approximate surface area is 118 Å². The normalized spacial score (nSPS) is 20.4. The molecule has 2 heteroatoms. The Morgan fingerprint density at radius 1 is 1.06 bits per heavy atom. The van der Waals surface area contributed by atoms with Crippen LogP contribution in [0.1, 0.15) is 45.1 Å². The Morgan fingerprint density at radius 3 is 2.00 bits per heavy atom. The average Bonchev–Trinajstić information content (AvgIpc) is 3.18. The van der Waals surface area contributed by atoms with Crippen molar-refractivity contribution in [2.75, 3.05) is 0 Å². The molecule has 2 fully saturated rings.